The summed E-state index contributed by atoms with van der Waals surface area (Å²) in [5, 5.41) is 12.9. The number of carboxylic acids is 1. The Hall–Kier alpha value is -2.77. The zero-order valence-corrected chi connectivity index (χ0v) is 15.4. The van der Waals surface area contributed by atoms with Crippen molar-refractivity contribution in [2.24, 2.45) is 5.92 Å². The number of carboxylic acid groups (broad SMARTS) is 1. The standard InChI is InChI=1S/C18H27N3O5/c1-13(2)12-21(20-14(3)22)17(23)11-19-15-6-8-16(9-7-15)26-10-4-5-18(24)25/h6-9,13,19H,4-5,10-12H2,1-3H3,(H,20,22)(H,24,25). The molecule has 0 saturated heterocycles. The van der Waals surface area contributed by atoms with Crippen molar-refractivity contribution >= 4 is 23.5 Å². The minimum Gasteiger partial charge on any atom is -0.494 e. The monoisotopic (exact) mass is 365 g/mol. The first-order valence-corrected chi connectivity index (χ1v) is 8.54. The van der Waals surface area contributed by atoms with E-state index in [1.165, 1.54) is 11.9 Å². The van der Waals surface area contributed by atoms with Crippen LogP contribution in [0.3, 0.4) is 0 Å². The van der Waals surface area contributed by atoms with Crippen LogP contribution in [0, 0.1) is 5.92 Å². The van der Waals surface area contributed by atoms with Crippen molar-refractivity contribution in [3.05, 3.63) is 24.3 Å². The lowest BCUT2D eigenvalue weighted by molar-refractivity contribution is -0.139. The van der Waals surface area contributed by atoms with Gasteiger partial charge in [0, 0.05) is 25.6 Å². The SMILES string of the molecule is CC(=O)NN(CC(C)C)C(=O)CNc1ccc(OCCCC(=O)O)cc1. The lowest BCUT2D eigenvalue weighted by Gasteiger charge is -2.24. The second kappa shape index (κ2) is 11.0. The number of hydrogen-bond donors (Lipinski definition) is 3. The van der Waals surface area contributed by atoms with E-state index in [2.05, 4.69) is 10.7 Å². The molecule has 144 valence electrons. The van der Waals surface area contributed by atoms with Crippen molar-refractivity contribution in [1.29, 1.82) is 0 Å². The molecule has 3 N–H and O–H groups in total. The van der Waals surface area contributed by atoms with E-state index in [1.807, 2.05) is 13.8 Å². The van der Waals surface area contributed by atoms with Crippen LogP contribution < -0.4 is 15.5 Å². The molecule has 1 rings (SSSR count). The molecular formula is C18H27N3O5. The Balaban J connectivity index is 2.46. The van der Waals surface area contributed by atoms with Crippen molar-refractivity contribution in [3.8, 4) is 5.75 Å². The molecule has 1 aromatic carbocycles. The number of nitrogens with zero attached hydrogens (tertiary/aromatic N) is 1. The summed E-state index contributed by atoms with van der Waals surface area (Å²) < 4.78 is 5.45. The van der Waals surface area contributed by atoms with E-state index in [-0.39, 0.29) is 30.7 Å². The Kier molecular flexibility index (Phi) is 8.97. The van der Waals surface area contributed by atoms with Gasteiger partial charge in [-0.3, -0.25) is 24.8 Å². The summed E-state index contributed by atoms with van der Waals surface area (Å²) in [7, 11) is 0. The van der Waals surface area contributed by atoms with Crippen molar-refractivity contribution in [2.75, 3.05) is 25.0 Å². The number of benzene rings is 1. The van der Waals surface area contributed by atoms with Crippen LogP contribution in [-0.2, 0) is 14.4 Å². The molecule has 0 saturated carbocycles. The Morgan fingerprint density at radius 1 is 1.19 bits per heavy atom. The molecule has 0 aromatic heterocycles. The normalized spacial score (nSPS) is 10.3. The van der Waals surface area contributed by atoms with Crippen molar-refractivity contribution in [2.45, 2.75) is 33.6 Å². The largest absolute Gasteiger partial charge is 0.494 e. The predicted octanol–water partition coefficient (Wildman–Crippen LogP) is 1.88. The summed E-state index contributed by atoms with van der Waals surface area (Å²) in [6.07, 6.45) is 0.515. The van der Waals surface area contributed by atoms with Crippen LogP contribution in [-0.4, -0.2) is 47.6 Å². The molecule has 0 fully saturated rings. The van der Waals surface area contributed by atoms with Crippen molar-refractivity contribution < 1.29 is 24.2 Å². The number of ether oxygens (including phenoxy) is 1. The van der Waals surface area contributed by atoms with Gasteiger partial charge in [-0.1, -0.05) is 13.8 Å². The fourth-order valence-electron chi connectivity index (χ4n) is 2.12. The van der Waals surface area contributed by atoms with Crippen LogP contribution >= 0.6 is 0 Å². The highest BCUT2D eigenvalue weighted by Gasteiger charge is 2.15. The second-order valence-electron chi connectivity index (χ2n) is 6.29. The number of hydrogen-bond acceptors (Lipinski definition) is 5. The molecule has 0 spiro atoms. The van der Waals surface area contributed by atoms with Gasteiger partial charge in [0.15, 0.2) is 0 Å². The van der Waals surface area contributed by atoms with Gasteiger partial charge in [-0.15, -0.1) is 0 Å². The number of carbonyl (C=O) groups is 3. The van der Waals surface area contributed by atoms with Crippen LogP contribution in [0.1, 0.15) is 33.6 Å². The third kappa shape index (κ3) is 8.91. The molecule has 0 radical (unpaired) electrons. The Labute approximate surface area is 153 Å². The number of amides is 2. The first-order valence-electron chi connectivity index (χ1n) is 8.54. The maximum atomic E-state index is 12.3. The van der Waals surface area contributed by atoms with Gasteiger partial charge in [-0.2, -0.15) is 0 Å². The first kappa shape index (κ1) is 21.3. The van der Waals surface area contributed by atoms with E-state index in [9.17, 15) is 14.4 Å². The maximum Gasteiger partial charge on any atom is 0.303 e. The molecule has 2 amide bonds. The van der Waals surface area contributed by atoms with E-state index >= 15 is 0 Å². The molecule has 8 heteroatoms. The van der Waals surface area contributed by atoms with E-state index in [0.717, 1.165) is 5.69 Å². The molecule has 0 atom stereocenters. The van der Waals surface area contributed by atoms with Gasteiger partial charge in [0.05, 0.1) is 13.2 Å². The lowest BCUT2D eigenvalue weighted by atomic mass is 10.2. The van der Waals surface area contributed by atoms with Crippen LogP contribution in [0.4, 0.5) is 5.69 Å². The maximum absolute atomic E-state index is 12.3. The van der Waals surface area contributed by atoms with E-state index < -0.39 is 5.97 Å². The summed E-state index contributed by atoms with van der Waals surface area (Å²) in [6.45, 7) is 6.10. The van der Waals surface area contributed by atoms with Gasteiger partial charge < -0.3 is 15.2 Å². The minimum atomic E-state index is -0.844. The molecule has 0 bridgehead atoms. The third-order valence-corrected chi connectivity index (χ3v) is 3.24. The number of anilines is 1. The number of rotatable bonds is 10. The summed E-state index contributed by atoms with van der Waals surface area (Å²) in [4.78, 5) is 33.9. The van der Waals surface area contributed by atoms with Gasteiger partial charge in [0.1, 0.15) is 5.75 Å². The fourth-order valence-corrected chi connectivity index (χ4v) is 2.12. The molecule has 0 aliphatic heterocycles. The molecule has 26 heavy (non-hydrogen) atoms. The zero-order valence-electron chi connectivity index (χ0n) is 15.4. The van der Waals surface area contributed by atoms with Crippen LogP contribution in [0.15, 0.2) is 24.3 Å². The summed E-state index contributed by atoms with van der Waals surface area (Å²) in [5.41, 5.74) is 3.28. The highest BCUT2D eigenvalue weighted by molar-refractivity contribution is 5.83. The summed E-state index contributed by atoms with van der Waals surface area (Å²) in [5.74, 6) is -0.509. The van der Waals surface area contributed by atoms with Gasteiger partial charge in [0.25, 0.3) is 5.91 Å². The number of aliphatic carboxylic acids is 1. The van der Waals surface area contributed by atoms with Gasteiger partial charge in [-0.25, -0.2) is 0 Å². The van der Waals surface area contributed by atoms with Gasteiger partial charge >= 0.3 is 5.97 Å². The number of carbonyl (C=O) groups excluding carboxylic acids is 2. The first-order chi connectivity index (χ1) is 12.3. The highest BCUT2D eigenvalue weighted by Crippen LogP contribution is 2.16. The molecule has 1 aromatic rings. The molecule has 0 unspecified atom stereocenters. The molecule has 0 aliphatic carbocycles. The van der Waals surface area contributed by atoms with Crippen LogP contribution in [0.2, 0.25) is 0 Å². The quantitative estimate of drug-likeness (QED) is 0.432. The summed E-state index contributed by atoms with van der Waals surface area (Å²) in [6, 6.07) is 7.02. The smallest absolute Gasteiger partial charge is 0.303 e. The van der Waals surface area contributed by atoms with Gasteiger partial charge in [-0.05, 0) is 36.6 Å². The Bertz CT molecular complexity index is 601. The fraction of sp³-hybridized carbons (Fsp3) is 0.500. The van der Waals surface area contributed by atoms with Crippen molar-refractivity contribution in [1.82, 2.24) is 10.4 Å². The lowest BCUT2D eigenvalue weighted by Crippen LogP contribution is -2.49. The van der Waals surface area contributed by atoms with E-state index in [0.29, 0.717) is 25.3 Å². The Morgan fingerprint density at radius 3 is 2.38 bits per heavy atom. The number of nitrogens with one attached hydrogen (secondary N) is 2. The molecule has 0 heterocycles. The minimum absolute atomic E-state index is 0.0474. The van der Waals surface area contributed by atoms with E-state index in [1.54, 1.807) is 24.3 Å². The van der Waals surface area contributed by atoms with Crippen LogP contribution in [0.5, 0.6) is 5.75 Å². The Morgan fingerprint density at radius 2 is 1.85 bits per heavy atom. The number of hydrazine groups is 1. The topological polar surface area (TPSA) is 108 Å². The third-order valence-electron chi connectivity index (χ3n) is 3.24. The average Bonchev–Trinajstić information content (AvgIpc) is 2.56. The molecule has 8 nitrogen and oxygen atoms in total. The summed E-state index contributed by atoms with van der Waals surface area (Å²) >= 11 is 0. The van der Waals surface area contributed by atoms with Crippen LogP contribution in [0.25, 0.3) is 0 Å². The molecule has 0 aliphatic rings. The van der Waals surface area contributed by atoms with Gasteiger partial charge in [0.2, 0.25) is 5.91 Å². The van der Waals surface area contributed by atoms with E-state index in [4.69, 9.17) is 9.84 Å². The second-order valence-corrected chi connectivity index (χ2v) is 6.29. The predicted molar refractivity (Wildman–Crippen MR) is 97.7 cm³/mol. The zero-order chi connectivity index (χ0) is 19.5. The van der Waals surface area contributed by atoms with Crippen molar-refractivity contribution in [3.63, 3.8) is 0 Å². The average molecular weight is 365 g/mol. The molecular weight excluding hydrogens is 338 g/mol. The highest BCUT2D eigenvalue weighted by atomic mass is 16.5.